The Hall–Kier alpha value is -0.940. The van der Waals surface area contributed by atoms with Crippen molar-refractivity contribution >= 4 is 0 Å². The average molecular weight is 279 g/mol. The summed E-state index contributed by atoms with van der Waals surface area (Å²) in [5.41, 5.74) is -0.295. The van der Waals surface area contributed by atoms with Crippen molar-refractivity contribution in [2.75, 3.05) is 19.7 Å². The van der Waals surface area contributed by atoms with E-state index in [1.165, 1.54) is 25.7 Å². The highest BCUT2D eigenvalue weighted by Gasteiger charge is 2.39. The molecule has 1 saturated heterocycles. The minimum Gasteiger partial charge on any atom is -0.367 e. The quantitative estimate of drug-likeness (QED) is 0.918. The Morgan fingerprint density at radius 2 is 2.15 bits per heavy atom. The van der Waals surface area contributed by atoms with Crippen molar-refractivity contribution in [2.45, 2.75) is 63.4 Å². The summed E-state index contributed by atoms with van der Waals surface area (Å²) in [7, 11) is 0. The van der Waals surface area contributed by atoms with E-state index >= 15 is 0 Å². The molecule has 0 bridgehead atoms. The molecular formula is C15H25N3O2. The molecule has 1 N–H and O–H groups in total. The molecule has 0 spiro atoms. The van der Waals surface area contributed by atoms with E-state index in [2.05, 4.69) is 10.5 Å². The molecule has 1 saturated carbocycles. The minimum absolute atomic E-state index is 0.295. The Kier molecular flexibility index (Phi) is 4.36. The lowest BCUT2D eigenvalue weighted by Gasteiger charge is -2.34. The molecule has 1 aromatic rings. The molecule has 5 heteroatoms. The van der Waals surface area contributed by atoms with E-state index in [0.717, 1.165) is 44.1 Å². The highest BCUT2D eigenvalue weighted by Crippen LogP contribution is 2.39. The number of nitrogens with one attached hydrogen (secondary N) is 1. The zero-order valence-corrected chi connectivity index (χ0v) is 12.4. The van der Waals surface area contributed by atoms with Crippen LogP contribution in [0.15, 0.2) is 4.52 Å². The van der Waals surface area contributed by atoms with E-state index in [9.17, 15) is 0 Å². The molecule has 3 rings (SSSR count). The van der Waals surface area contributed by atoms with Gasteiger partial charge in [0, 0.05) is 13.2 Å². The lowest BCUT2D eigenvalue weighted by atomic mass is 9.84. The van der Waals surface area contributed by atoms with Gasteiger partial charge in [0.2, 0.25) is 11.7 Å². The fourth-order valence-electron chi connectivity index (χ4n) is 3.48. The predicted octanol–water partition coefficient (Wildman–Crippen LogP) is 2.73. The Labute approximate surface area is 120 Å². The van der Waals surface area contributed by atoms with Crippen LogP contribution >= 0.6 is 0 Å². The Bertz CT molecular complexity index is 415. The Morgan fingerprint density at radius 3 is 2.85 bits per heavy atom. The second-order valence-electron chi connectivity index (χ2n) is 5.99. The van der Waals surface area contributed by atoms with Gasteiger partial charge >= 0.3 is 0 Å². The fourth-order valence-corrected chi connectivity index (χ4v) is 3.48. The lowest BCUT2D eigenvalue weighted by Crippen LogP contribution is -2.34. The molecule has 2 heterocycles. The standard InChI is InChI=1S/C15H25N3O2/c1-2-19-15(8-4-3-5-9-15)14-17-13(20-18-14)12-7-6-10-16-11-12/h12,16H,2-11H2,1H3. The molecule has 0 radical (unpaired) electrons. The van der Waals surface area contributed by atoms with E-state index < -0.39 is 0 Å². The van der Waals surface area contributed by atoms with Gasteiger partial charge in [0.05, 0.1) is 5.92 Å². The van der Waals surface area contributed by atoms with Gasteiger partial charge in [-0.25, -0.2) is 0 Å². The van der Waals surface area contributed by atoms with Gasteiger partial charge in [0.1, 0.15) is 5.60 Å². The molecule has 1 aromatic heterocycles. The summed E-state index contributed by atoms with van der Waals surface area (Å²) in [6.07, 6.45) is 8.01. The first kappa shape index (κ1) is 14.0. The topological polar surface area (TPSA) is 60.2 Å². The third kappa shape index (κ3) is 2.74. The van der Waals surface area contributed by atoms with Crippen LogP contribution in [-0.2, 0) is 10.3 Å². The van der Waals surface area contributed by atoms with Crippen LogP contribution in [-0.4, -0.2) is 29.8 Å². The summed E-state index contributed by atoms with van der Waals surface area (Å²) in [5.74, 6) is 1.93. The van der Waals surface area contributed by atoms with Crippen LogP contribution in [0.5, 0.6) is 0 Å². The van der Waals surface area contributed by atoms with Crippen LogP contribution in [0.3, 0.4) is 0 Å². The molecule has 0 amide bonds. The zero-order chi connectivity index (χ0) is 13.8. The number of aromatic nitrogens is 2. The zero-order valence-electron chi connectivity index (χ0n) is 12.4. The fraction of sp³-hybridized carbons (Fsp3) is 0.867. The number of hydrogen-bond acceptors (Lipinski definition) is 5. The van der Waals surface area contributed by atoms with Crippen molar-refractivity contribution < 1.29 is 9.26 Å². The van der Waals surface area contributed by atoms with Crippen molar-refractivity contribution in [1.29, 1.82) is 0 Å². The molecule has 2 fully saturated rings. The number of rotatable bonds is 4. The highest BCUT2D eigenvalue weighted by molar-refractivity contribution is 5.06. The van der Waals surface area contributed by atoms with Gasteiger partial charge in [-0.15, -0.1) is 0 Å². The molecular weight excluding hydrogens is 254 g/mol. The Morgan fingerprint density at radius 1 is 1.30 bits per heavy atom. The Balaban J connectivity index is 1.79. The average Bonchev–Trinajstić information content (AvgIpc) is 3.00. The molecule has 1 aliphatic carbocycles. The smallest absolute Gasteiger partial charge is 0.231 e. The van der Waals surface area contributed by atoms with Crippen molar-refractivity contribution in [3.8, 4) is 0 Å². The summed E-state index contributed by atoms with van der Waals surface area (Å²) >= 11 is 0. The first-order valence-electron chi connectivity index (χ1n) is 8.03. The first-order chi connectivity index (χ1) is 9.84. The normalized spacial score (nSPS) is 26.6. The van der Waals surface area contributed by atoms with Crippen molar-refractivity contribution in [2.24, 2.45) is 0 Å². The number of hydrogen-bond donors (Lipinski definition) is 1. The van der Waals surface area contributed by atoms with Crippen molar-refractivity contribution in [1.82, 2.24) is 15.5 Å². The lowest BCUT2D eigenvalue weighted by molar-refractivity contribution is -0.0777. The summed E-state index contributed by atoms with van der Waals surface area (Å²) in [5, 5.41) is 7.66. The molecule has 2 aliphatic rings. The van der Waals surface area contributed by atoms with Gasteiger partial charge in [0.15, 0.2) is 0 Å². The molecule has 1 unspecified atom stereocenters. The molecule has 20 heavy (non-hydrogen) atoms. The van der Waals surface area contributed by atoms with Crippen LogP contribution < -0.4 is 5.32 Å². The number of piperidine rings is 1. The minimum atomic E-state index is -0.295. The predicted molar refractivity (Wildman–Crippen MR) is 75.5 cm³/mol. The van der Waals surface area contributed by atoms with E-state index in [1.807, 2.05) is 6.92 Å². The molecule has 0 aromatic carbocycles. The number of nitrogens with zero attached hydrogens (tertiary/aromatic N) is 2. The maximum Gasteiger partial charge on any atom is 0.231 e. The van der Waals surface area contributed by atoms with E-state index in [4.69, 9.17) is 14.2 Å². The summed E-state index contributed by atoms with van der Waals surface area (Å²) < 4.78 is 11.6. The van der Waals surface area contributed by atoms with Gasteiger partial charge in [-0.2, -0.15) is 4.98 Å². The van der Waals surface area contributed by atoms with Gasteiger partial charge < -0.3 is 14.6 Å². The SMILES string of the molecule is CCOC1(c2noc(C3CCCNC3)n2)CCCCC1. The third-order valence-corrected chi connectivity index (χ3v) is 4.58. The monoisotopic (exact) mass is 279 g/mol. The van der Waals surface area contributed by atoms with Crippen LogP contribution in [0.25, 0.3) is 0 Å². The largest absolute Gasteiger partial charge is 0.367 e. The van der Waals surface area contributed by atoms with Gasteiger partial charge in [-0.1, -0.05) is 24.4 Å². The van der Waals surface area contributed by atoms with E-state index in [-0.39, 0.29) is 5.60 Å². The molecule has 5 nitrogen and oxygen atoms in total. The van der Waals surface area contributed by atoms with Crippen LogP contribution in [0.2, 0.25) is 0 Å². The first-order valence-corrected chi connectivity index (χ1v) is 8.03. The summed E-state index contributed by atoms with van der Waals surface area (Å²) in [6.45, 7) is 4.79. The maximum absolute atomic E-state index is 6.06. The maximum atomic E-state index is 6.06. The van der Waals surface area contributed by atoms with Gasteiger partial charge in [-0.3, -0.25) is 0 Å². The molecule has 112 valence electrons. The van der Waals surface area contributed by atoms with Crippen LogP contribution in [0, 0.1) is 0 Å². The van der Waals surface area contributed by atoms with E-state index in [1.54, 1.807) is 0 Å². The summed E-state index contributed by atoms with van der Waals surface area (Å²) in [6, 6.07) is 0. The highest BCUT2D eigenvalue weighted by atomic mass is 16.5. The molecule has 1 atom stereocenters. The van der Waals surface area contributed by atoms with E-state index in [0.29, 0.717) is 12.5 Å². The van der Waals surface area contributed by atoms with Gasteiger partial charge in [0.25, 0.3) is 0 Å². The van der Waals surface area contributed by atoms with Crippen molar-refractivity contribution in [3.05, 3.63) is 11.7 Å². The van der Waals surface area contributed by atoms with Crippen LogP contribution in [0.1, 0.15) is 69.5 Å². The summed E-state index contributed by atoms with van der Waals surface area (Å²) in [4.78, 5) is 4.71. The van der Waals surface area contributed by atoms with Crippen molar-refractivity contribution in [3.63, 3.8) is 0 Å². The second-order valence-corrected chi connectivity index (χ2v) is 5.99. The van der Waals surface area contributed by atoms with Crippen LogP contribution in [0.4, 0.5) is 0 Å². The molecule has 1 aliphatic heterocycles. The van der Waals surface area contributed by atoms with Gasteiger partial charge in [-0.05, 0) is 39.2 Å². The third-order valence-electron chi connectivity index (χ3n) is 4.58. The second kappa shape index (κ2) is 6.22. The number of ether oxygens (including phenoxy) is 1.